The van der Waals surface area contributed by atoms with Crippen molar-refractivity contribution >= 4 is 27.7 Å². The molecule has 0 spiro atoms. The highest BCUT2D eigenvalue weighted by molar-refractivity contribution is 9.10. The number of carbonyl (C=O) groups excluding carboxylic acids is 2. The van der Waals surface area contributed by atoms with E-state index < -0.39 is 6.04 Å². The lowest BCUT2D eigenvalue weighted by molar-refractivity contribution is -0.142. The number of rotatable bonds is 10. The fourth-order valence-electron chi connectivity index (χ4n) is 3.43. The number of halogens is 1. The van der Waals surface area contributed by atoms with Gasteiger partial charge in [0.2, 0.25) is 5.91 Å². The van der Waals surface area contributed by atoms with Gasteiger partial charge in [0.05, 0.1) is 4.47 Å². The lowest BCUT2D eigenvalue weighted by Gasteiger charge is -2.29. The number of aryl methyl sites for hydroxylation is 1. The first kappa shape index (κ1) is 26.9. The van der Waals surface area contributed by atoms with Gasteiger partial charge in [-0.25, -0.2) is 0 Å². The monoisotopic (exact) mass is 516 g/mol. The molecule has 0 bridgehead atoms. The van der Waals surface area contributed by atoms with E-state index in [-0.39, 0.29) is 23.8 Å². The van der Waals surface area contributed by atoms with E-state index in [2.05, 4.69) is 48.9 Å². The third-order valence-electron chi connectivity index (χ3n) is 5.58. The first-order chi connectivity index (χ1) is 15.5. The van der Waals surface area contributed by atoms with E-state index in [0.717, 1.165) is 28.4 Å². The minimum atomic E-state index is -0.606. The van der Waals surface area contributed by atoms with Crippen LogP contribution in [0.15, 0.2) is 46.9 Å². The van der Waals surface area contributed by atoms with Crippen LogP contribution < -0.4 is 10.1 Å². The first-order valence-corrected chi connectivity index (χ1v) is 12.4. The average molecular weight is 518 g/mol. The Morgan fingerprint density at radius 2 is 1.88 bits per heavy atom. The Kier molecular flexibility index (Phi) is 9.96. The molecule has 0 aliphatic carbocycles. The van der Waals surface area contributed by atoms with E-state index in [0.29, 0.717) is 18.8 Å². The summed E-state index contributed by atoms with van der Waals surface area (Å²) < 4.78 is 6.67. The van der Waals surface area contributed by atoms with Crippen LogP contribution in [0, 0.1) is 6.92 Å². The number of ether oxygens (including phenoxy) is 1. The largest absolute Gasteiger partial charge is 0.483 e. The number of hydrogen-bond donors (Lipinski definition) is 1. The normalized spacial score (nSPS) is 12.2. The molecular weight excluding hydrogens is 480 g/mol. The number of benzene rings is 2. The van der Waals surface area contributed by atoms with Crippen LogP contribution in [0.3, 0.4) is 0 Å². The molecule has 180 valence electrons. The molecule has 0 aliphatic heterocycles. The van der Waals surface area contributed by atoms with Crippen molar-refractivity contribution in [3.8, 4) is 5.75 Å². The van der Waals surface area contributed by atoms with E-state index in [9.17, 15) is 9.59 Å². The van der Waals surface area contributed by atoms with E-state index >= 15 is 0 Å². The van der Waals surface area contributed by atoms with E-state index in [1.165, 1.54) is 5.56 Å². The molecule has 0 aliphatic rings. The number of nitrogens with one attached hydrogen (secondary N) is 1. The van der Waals surface area contributed by atoms with Gasteiger partial charge in [0, 0.05) is 13.1 Å². The SMILES string of the molecule is CCCCNC(=O)[C@@H](C)N(Cc1cccc(C)c1)C(=O)COc1ccc(C(C)(C)C)cc1Br. The fourth-order valence-corrected chi connectivity index (χ4v) is 3.93. The minimum absolute atomic E-state index is 0.0159. The average Bonchev–Trinajstić information content (AvgIpc) is 2.75. The zero-order chi connectivity index (χ0) is 24.6. The van der Waals surface area contributed by atoms with E-state index in [4.69, 9.17) is 4.74 Å². The van der Waals surface area contributed by atoms with Gasteiger partial charge in [-0.2, -0.15) is 0 Å². The van der Waals surface area contributed by atoms with Gasteiger partial charge in [0.15, 0.2) is 6.61 Å². The summed E-state index contributed by atoms with van der Waals surface area (Å²) in [6, 6.07) is 13.3. The zero-order valence-corrected chi connectivity index (χ0v) is 22.3. The summed E-state index contributed by atoms with van der Waals surface area (Å²) >= 11 is 3.56. The number of carbonyl (C=O) groups is 2. The summed E-state index contributed by atoms with van der Waals surface area (Å²) in [5, 5.41) is 2.94. The summed E-state index contributed by atoms with van der Waals surface area (Å²) in [5.74, 6) is 0.216. The van der Waals surface area contributed by atoms with Gasteiger partial charge in [-0.15, -0.1) is 0 Å². The molecular formula is C27H37BrN2O3. The maximum Gasteiger partial charge on any atom is 0.261 e. The van der Waals surface area contributed by atoms with Crippen LogP contribution in [0.2, 0.25) is 0 Å². The Bertz CT molecular complexity index is 953. The lowest BCUT2D eigenvalue weighted by atomic mass is 9.87. The van der Waals surface area contributed by atoms with Crippen molar-refractivity contribution in [3.05, 3.63) is 63.6 Å². The van der Waals surface area contributed by atoms with Gasteiger partial charge in [0.1, 0.15) is 11.8 Å². The lowest BCUT2D eigenvalue weighted by Crippen LogP contribution is -2.49. The smallest absolute Gasteiger partial charge is 0.261 e. The number of amides is 2. The van der Waals surface area contributed by atoms with E-state index in [1.807, 2.05) is 49.4 Å². The molecule has 0 radical (unpaired) electrons. The Morgan fingerprint density at radius 1 is 1.15 bits per heavy atom. The molecule has 1 atom stereocenters. The predicted octanol–water partition coefficient (Wildman–Crippen LogP) is 5.77. The summed E-state index contributed by atoms with van der Waals surface area (Å²) in [6.45, 7) is 13.1. The molecule has 0 saturated heterocycles. The maximum atomic E-state index is 13.2. The van der Waals surface area contributed by atoms with Crippen molar-refractivity contribution < 1.29 is 14.3 Å². The van der Waals surface area contributed by atoms with Crippen molar-refractivity contribution in [1.82, 2.24) is 10.2 Å². The first-order valence-electron chi connectivity index (χ1n) is 11.6. The summed E-state index contributed by atoms with van der Waals surface area (Å²) in [7, 11) is 0. The molecule has 2 amide bonds. The summed E-state index contributed by atoms with van der Waals surface area (Å²) in [5.41, 5.74) is 3.28. The van der Waals surface area contributed by atoms with Gasteiger partial charge in [-0.1, -0.05) is 70.0 Å². The standard InChI is InChI=1S/C27H37BrN2O3/c1-7-8-14-29-26(32)20(3)30(17-21-11-9-10-19(2)15-21)25(31)18-33-24-13-12-22(16-23(24)28)27(4,5)6/h9-13,15-16,20H,7-8,14,17-18H2,1-6H3,(H,29,32)/t20-/m1/s1. The molecule has 5 nitrogen and oxygen atoms in total. The quantitative estimate of drug-likeness (QED) is 0.408. The molecule has 1 N–H and O–H groups in total. The minimum Gasteiger partial charge on any atom is -0.483 e. The Labute approximate surface area is 207 Å². The zero-order valence-electron chi connectivity index (χ0n) is 20.7. The molecule has 0 fully saturated rings. The van der Waals surface area contributed by atoms with Crippen molar-refractivity contribution in [3.63, 3.8) is 0 Å². The van der Waals surface area contributed by atoms with Crippen molar-refractivity contribution in [2.75, 3.05) is 13.2 Å². The third kappa shape index (κ3) is 8.18. The maximum absolute atomic E-state index is 13.2. The highest BCUT2D eigenvalue weighted by atomic mass is 79.9. The molecule has 0 saturated carbocycles. The highest BCUT2D eigenvalue weighted by Gasteiger charge is 2.26. The second kappa shape index (κ2) is 12.2. The Hall–Kier alpha value is -2.34. The third-order valence-corrected chi connectivity index (χ3v) is 6.20. The number of hydrogen-bond acceptors (Lipinski definition) is 3. The Morgan fingerprint density at radius 3 is 2.48 bits per heavy atom. The van der Waals surface area contributed by atoms with Crippen molar-refractivity contribution in [2.45, 2.75) is 72.4 Å². The summed E-state index contributed by atoms with van der Waals surface area (Å²) in [6.07, 6.45) is 1.91. The van der Waals surface area contributed by atoms with Crippen LogP contribution in [0.5, 0.6) is 5.75 Å². The van der Waals surface area contributed by atoms with Gasteiger partial charge in [0.25, 0.3) is 5.91 Å². The molecule has 33 heavy (non-hydrogen) atoms. The fraction of sp³-hybridized carbons (Fsp3) is 0.481. The van der Waals surface area contributed by atoms with Crippen LogP contribution >= 0.6 is 15.9 Å². The highest BCUT2D eigenvalue weighted by Crippen LogP contribution is 2.31. The van der Waals surface area contributed by atoms with Crippen LogP contribution in [-0.2, 0) is 21.5 Å². The molecule has 2 aromatic carbocycles. The van der Waals surface area contributed by atoms with Crippen molar-refractivity contribution in [1.29, 1.82) is 0 Å². The molecule has 2 rings (SSSR count). The van der Waals surface area contributed by atoms with Gasteiger partial charge >= 0.3 is 0 Å². The second-order valence-electron chi connectivity index (χ2n) is 9.52. The summed E-state index contributed by atoms with van der Waals surface area (Å²) in [4.78, 5) is 27.5. The molecule has 0 unspecified atom stereocenters. The molecule has 2 aromatic rings. The molecule has 0 aromatic heterocycles. The predicted molar refractivity (Wildman–Crippen MR) is 137 cm³/mol. The van der Waals surface area contributed by atoms with Crippen LogP contribution in [-0.4, -0.2) is 35.9 Å². The van der Waals surface area contributed by atoms with Crippen molar-refractivity contribution in [2.24, 2.45) is 0 Å². The van der Waals surface area contributed by atoms with Crippen LogP contribution in [0.1, 0.15) is 64.2 Å². The Balaban J connectivity index is 2.16. The van der Waals surface area contributed by atoms with Gasteiger partial charge in [-0.3, -0.25) is 9.59 Å². The number of nitrogens with zero attached hydrogens (tertiary/aromatic N) is 1. The van der Waals surface area contributed by atoms with Crippen LogP contribution in [0.4, 0.5) is 0 Å². The van der Waals surface area contributed by atoms with E-state index in [1.54, 1.807) is 11.8 Å². The molecule has 0 heterocycles. The number of unbranched alkanes of at least 4 members (excludes halogenated alkanes) is 1. The molecule has 6 heteroatoms. The van der Waals surface area contributed by atoms with Crippen LogP contribution in [0.25, 0.3) is 0 Å². The topological polar surface area (TPSA) is 58.6 Å². The van der Waals surface area contributed by atoms with Gasteiger partial charge in [-0.05, 0) is 64.9 Å². The van der Waals surface area contributed by atoms with Gasteiger partial charge < -0.3 is 15.0 Å². The second-order valence-corrected chi connectivity index (χ2v) is 10.4.